The van der Waals surface area contributed by atoms with Crippen LogP contribution in [0.4, 0.5) is 11.4 Å². The largest absolute Gasteiger partial charge is 0.457 e. The van der Waals surface area contributed by atoms with Crippen LogP contribution in [0.15, 0.2) is 279 Å². The van der Waals surface area contributed by atoms with Crippen LogP contribution in [0.2, 0.25) is 0 Å². The van der Waals surface area contributed by atoms with Gasteiger partial charge in [0.25, 0.3) is 11.4 Å². The number of ether oxygens (including phenoxy) is 6. The first-order chi connectivity index (χ1) is 62.2. The van der Waals surface area contributed by atoms with Crippen molar-refractivity contribution in [3.8, 4) is 67.9 Å². The molecule has 16 aromatic carbocycles. The summed E-state index contributed by atoms with van der Waals surface area (Å²) < 4.78 is 38.1. The van der Waals surface area contributed by atoms with Gasteiger partial charge in [0.2, 0.25) is 20.4 Å². The zero-order chi connectivity index (χ0) is 86.4. The third kappa shape index (κ3) is 17.6. The van der Waals surface area contributed by atoms with Gasteiger partial charge in [0.15, 0.2) is 0 Å². The summed E-state index contributed by atoms with van der Waals surface area (Å²) in [5.41, 5.74) is 30.5. The minimum absolute atomic E-state index is 0.0625. The Hall–Kier alpha value is -15.4. The highest BCUT2D eigenvalue weighted by molar-refractivity contribution is 6.14. The van der Waals surface area contributed by atoms with Crippen LogP contribution in [0, 0.1) is 47.9 Å². The Morgan fingerprint density at radius 2 is 0.528 bits per heavy atom. The molecule has 0 unspecified atom stereocenters. The fourth-order valence-corrected chi connectivity index (χ4v) is 18.0. The van der Waals surface area contributed by atoms with E-state index in [4.69, 9.17) is 28.4 Å². The minimum atomic E-state index is -0.406. The fraction of sp³-hybridized carbons (Fsp3) is 0.130. The molecule has 0 fully saturated rings. The SMILES string of the molecule is Cc1ccc(/C=C\c2cc3c(c4c2OCOc2c(/C=C\c5ccc(C)cc5)cc5c(c2-4)CCCC5)CCCC3)cc1.Cc1ccc(/C=C\c2cc3ccccc3c3c2OCOc2c(/C=C\c4ccc(C)cc4)cc4ccccc4c2-3)cc1.O=[N+]([O-])c1ccc(/C=C\c2ccc3c4c(ccc3c2)OCOc2ccc3cc(/C=C\c5ccc([N+](=O)[O-])cc5)ccc3c2-4)cc1. The number of nitro benzene ring substituents is 2. The maximum Gasteiger partial charge on any atom is 0.269 e. The van der Waals surface area contributed by atoms with Gasteiger partial charge in [0.1, 0.15) is 34.5 Å². The Labute approximate surface area is 738 Å². The molecule has 0 saturated heterocycles. The molecule has 0 saturated carbocycles. The van der Waals surface area contributed by atoms with Crippen LogP contribution in [0.1, 0.15) is 137 Å². The standard InChI is InChI=1S/C39H38O2.C39H30O2.C37H24N2O6/c2*1-26-11-15-28(16-12-26)19-21-32-23-30-7-3-5-9-34(30)36-37-35-10-6-4-8-31(35)24-33(39(37)41-25-40-38(32)36)22-20-29-17-13-27(2)14-18-29;40-38(41)30-13-5-24(6-14-30)1-3-26-9-17-32-28(21-26)11-19-34-36(32)37-33-18-10-27(22-29(33)12-20-35(37)45-23-44-34)4-2-25-7-15-31(16-8-25)39(42)43/h11-24H,3-10,25H2,1-2H3;3-24H,25H2,1-2H3;1-22H,23H2/b2*21-19-,22-20-;3-1-,4-2-. The second-order valence-electron chi connectivity index (χ2n) is 33.2. The van der Waals surface area contributed by atoms with Crippen LogP contribution in [-0.2, 0) is 25.7 Å². The average molecular weight is 1660 g/mol. The van der Waals surface area contributed by atoms with Crippen molar-refractivity contribution in [2.75, 3.05) is 20.4 Å². The number of nitro groups is 2. The Morgan fingerprint density at radius 3 is 0.882 bits per heavy atom. The Kier molecular flexibility index (Phi) is 23.2. The highest BCUT2D eigenvalue weighted by atomic mass is 16.7. The zero-order valence-electron chi connectivity index (χ0n) is 71.2. The van der Waals surface area contributed by atoms with E-state index < -0.39 is 9.85 Å². The van der Waals surface area contributed by atoms with Gasteiger partial charge in [-0.2, -0.15) is 0 Å². The third-order valence-corrected chi connectivity index (χ3v) is 24.6. The second kappa shape index (κ2) is 36.2. The number of aryl methyl sites for hydroxylation is 6. The quantitative estimate of drug-likeness (QED) is 0.0587. The van der Waals surface area contributed by atoms with E-state index in [0.717, 1.165) is 181 Å². The van der Waals surface area contributed by atoms with E-state index in [0.29, 0.717) is 0 Å². The van der Waals surface area contributed by atoms with E-state index >= 15 is 0 Å². The van der Waals surface area contributed by atoms with Crippen molar-refractivity contribution in [3.05, 3.63) is 411 Å². The summed E-state index contributed by atoms with van der Waals surface area (Å²) in [6, 6.07) is 94.2. The van der Waals surface area contributed by atoms with Gasteiger partial charge in [0.05, 0.1) is 9.85 Å². The molecule has 12 nitrogen and oxygen atoms in total. The second-order valence-corrected chi connectivity index (χ2v) is 33.2. The molecule has 0 spiro atoms. The number of rotatable bonds is 14. The lowest BCUT2D eigenvalue weighted by Crippen LogP contribution is -2.10. The highest BCUT2D eigenvalue weighted by Gasteiger charge is 2.33. The summed E-state index contributed by atoms with van der Waals surface area (Å²) in [5.74, 6) is 5.14. The van der Waals surface area contributed by atoms with Gasteiger partial charge in [-0.05, 0) is 262 Å². The van der Waals surface area contributed by atoms with Gasteiger partial charge in [-0.1, -0.05) is 277 Å². The molecule has 127 heavy (non-hydrogen) atoms. The normalized spacial score (nSPS) is 13.6. The smallest absolute Gasteiger partial charge is 0.269 e. The summed E-state index contributed by atoms with van der Waals surface area (Å²) in [5, 5.41) is 30.7. The van der Waals surface area contributed by atoms with Gasteiger partial charge in [-0.25, -0.2) is 0 Å². The van der Waals surface area contributed by atoms with Crippen molar-refractivity contribution >= 4 is 127 Å². The Balaban J connectivity index is 0.000000124. The molecule has 2 aliphatic carbocycles. The highest BCUT2D eigenvalue weighted by Crippen LogP contribution is 2.55. The van der Waals surface area contributed by atoms with Crippen molar-refractivity contribution in [1.82, 2.24) is 0 Å². The van der Waals surface area contributed by atoms with Crippen LogP contribution in [0.3, 0.4) is 0 Å². The lowest BCUT2D eigenvalue weighted by Gasteiger charge is -2.27. The van der Waals surface area contributed by atoms with Crippen molar-refractivity contribution in [2.45, 2.75) is 79.1 Å². The molecule has 3 aliphatic heterocycles. The van der Waals surface area contributed by atoms with Crippen LogP contribution < -0.4 is 28.4 Å². The molecule has 0 N–H and O–H groups in total. The van der Waals surface area contributed by atoms with E-state index in [1.807, 2.05) is 60.7 Å². The first-order valence-corrected chi connectivity index (χ1v) is 43.5. The first-order valence-electron chi connectivity index (χ1n) is 43.5. The molecule has 0 bridgehead atoms. The van der Waals surface area contributed by atoms with E-state index in [2.05, 4.69) is 270 Å². The maximum atomic E-state index is 11.0. The molecule has 5 aliphatic rings. The predicted molar refractivity (Wildman–Crippen MR) is 522 cm³/mol. The van der Waals surface area contributed by atoms with E-state index in [1.165, 1.54) is 117 Å². The van der Waals surface area contributed by atoms with Crippen molar-refractivity contribution < 1.29 is 38.3 Å². The number of hydrogen-bond donors (Lipinski definition) is 0. The van der Waals surface area contributed by atoms with E-state index in [-0.39, 0.29) is 31.8 Å². The molecule has 21 rings (SSSR count). The average Bonchev–Trinajstić information content (AvgIpc) is 1.72. The molecule has 0 atom stereocenters. The molecule has 16 aromatic rings. The molecule has 0 aromatic heterocycles. The molecule has 12 heteroatoms. The first kappa shape index (κ1) is 81.3. The number of nitrogens with zero attached hydrogens (tertiary/aromatic N) is 2. The predicted octanol–water partition coefficient (Wildman–Crippen LogP) is 29.7. The molecule has 3 heterocycles. The van der Waals surface area contributed by atoms with Gasteiger partial charge >= 0.3 is 0 Å². The molecule has 0 radical (unpaired) electrons. The van der Waals surface area contributed by atoms with Crippen molar-refractivity contribution in [1.29, 1.82) is 0 Å². The van der Waals surface area contributed by atoms with Gasteiger partial charge in [-0.3, -0.25) is 20.2 Å². The molecular weight excluding hydrogens is 1570 g/mol. The van der Waals surface area contributed by atoms with Crippen molar-refractivity contribution in [3.63, 3.8) is 0 Å². The minimum Gasteiger partial charge on any atom is -0.457 e. The zero-order valence-corrected chi connectivity index (χ0v) is 71.2. The van der Waals surface area contributed by atoms with Crippen molar-refractivity contribution in [2.24, 2.45) is 0 Å². The maximum absolute atomic E-state index is 11.0. The van der Waals surface area contributed by atoms with Crippen LogP contribution in [0.5, 0.6) is 34.5 Å². The molecule has 0 amide bonds. The summed E-state index contributed by atoms with van der Waals surface area (Å²) in [6.45, 7) is 8.93. The molecular formula is C115H92N2O10. The monoisotopic (exact) mass is 1660 g/mol. The number of non-ortho nitro benzene ring substituents is 2. The third-order valence-electron chi connectivity index (χ3n) is 24.6. The van der Waals surface area contributed by atoms with Gasteiger partial charge in [0, 0.05) is 79.9 Å². The van der Waals surface area contributed by atoms with Crippen LogP contribution >= 0.6 is 0 Å². The van der Waals surface area contributed by atoms with Crippen LogP contribution in [-0.4, -0.2) is 30.2 Å². The van der Waals surface area contributed by atoms with Gasteiger partial charge < -0.3 is 28.4 Å². The van der Waals surface area contributed by atoms with Crippen LogP contribution in [0.25, 0.3) is 149 Å². The topological polar surface area (TPSA) is 142 Å². The molecule has 622 valence electrons. The summed E-state index contributed by atoms with van der Waals surface area (Å²) >= 11 is 0. The Bertz CT molecular complexity index is 6730. The summed E-state index contributed by atoms with van der Waals surface area (Å²) in [7, 11) is 0. The lowest BCUT2D eigenvalue weighted by atomic mass is 9.78. The summed E-state index contributed by atoms with van der Waals surface area (Å²) in [4.78, 5) is 21.1. The fourth-order valence-electron chi connectivity index (χ4n) is 18.0. The Morgan fingerprint density at radius 1 is 0.252 bits per heavy atom. The number of fused-ring (bicyclic) bond motifs is 21. The van der Waals surface area contributed by atoms with E-state index in [9.17, 15) is 20.2 Å². The van der Waals surface area contributed by atoms with E-state index in [1.54, 1.807) is 24.3 Å². The number of benzene rings is 16. The lowest BCUT2D eigenvalue weighted by molar-refractivity contribution is -0.385. The van der Waals surface area contributed by atoms with Gasteiger partial charge in [-0.15, -0.1) is 0 Å². The summed E-state index contributed by atoms with van der Waals surface area (Å²) in [6.07, 6.45) is 34.8. The number of hydrogen-bond acceptors (Lipinski definition) is 10.